The molecule has 3 rings (SSSR count). The summed E-state index contributed by atoms with van der Waals surface area (Å²) in [7, 11) is 0. The minimum Gasteiger partial charge on any atom is -0.361 e. The molecular formula is C13H17N5O. The second kappa shape index (κ2) is 5.36. The summed E-state index contributed by atoms with van der Waals surface area (Å²) in [5.74, 6) is 1.73. The lowest BCUT2D eigenvalue weighted by atomic mass is 10.2. The summed E-state index contributed by atoms with van der Waals surface area (Å²) < 4.78 is 5.09. The van der Waals surface area contributed by atoms with Crippen molar-refractivity contribution in [1.82, 2.24) is 20.0 Å². The van der Waals surface area contributed by atoms with Crippen LogP contribution in [0.3, 0.4) is 0 Å². The summed E-state index contributed by atoms with van der Waals surface area (Å²) in [5, 5.41) is 3.82. The molecule has 0 radical (unpaired) electrons. The lowest BCUT2D eigenvalue weighted by Crippen LogP contribution is -2.46. The summed E-state index contributed by atoms with van der Waals surface area (Å²) >= 11 is 0. The molecule has 0 N–H and O–H groups in total. The lowest BCUT2D eigenvalue weighted by molar-refractivity contribution is 0.247. The Kier molecular flexibility index (Phi) is 3.41. The zero-order valence-corrected chi connectivity index (χ0v) is 11.0. The predicted octanol–water partition coefficient (Wildman–Crippen LogP) is 1.10. The number of rotatable bonds is 3. The van der Waals surface area contributed by atoms with Crippen LogP contribution in [-0.2, 0) is 6.54 Å². The topological polar surface area (TPSA) is 58.3 Å². The van der Waals surface area contributed by atoms with E-state index >= 15 is 0 Å². The van der Waals surface area contributed by atoms with Crippen molar-refractivity contribution in [2.45, 2.75) is 13.5 Å². The molecule has 6 nitrogen and oxygen atoms in total. The fourth-order valence-corrected chi connectivity index (χ4v) is 2.27. The van der Waals surface area contributed by atoms with Crippen LogP contribution < -0.4 is 4.90 Å². The van der Waals surface area contributed by atoms with Crippen LogP contribution in [0.4, 0.5) is 5.95 Å². The Bertz CT molecular complexity index is 519. The quantitative estimate of drug-likeness (QED) is 0.822. The van der Waals surface area contributed by atoms with Crippen LogP contribution in [0, 0.1) is 6.92 Å². The van der Waals surface area contributed by atoms with Crippen molar-refractivity contribution in [1.29, 1.82) is 0 Å². The average molecular weight is 259 g/mol. The second-order valence-electron chi connectivity index (χ2n) is 4.72. The first-order valence-electron chi connectivity index (χ1n) is 6.47. The largest absolute Gasteiger partial charge is 0.361 e. The van der Waals surface area contributed by atoms with Crippen molar-refractivity contribution in [3.63, 3.8) is 0 Å². The maximum Gasteiger partial charge on any atom is 0.225 e. The third-order valence-corrected chi connectivity index (χ3v) is 3.45. The number of aryl methyl sites for hydroxylation is 1. The molecule has 6 heteroatoms. The minimum atomic E-state index is 0.823. The molecule has 1 aliphatic rings. The van der Waals surface area contributed by atoms with Gasteiger partial charge in [-0.3, -0.25) is 4.90 Å². The number of hydrogen-bond acceptors (Lipinski definition) is 6. The molecule has 100 valence electrons. The molecule has 0 aromatic carbocycles. The molecule has 0 amide bonds. The molecule has 1 fully saturated rings. The highest BCUT2D eigenvalue weighted by atomic mass is 16.5. The Morgan fingerprint density at radius 2 is 1.89 bits per heavy atom. The van der Waals surface area contributed by atoms with Crippen molar-refractivity contribution in [3.05, 3.63) is 36.0 Å². The van der Waals surface area contributed by atoms with Gasteiger partial charge in [0.2, 0.25) is 5.95 Å². The third kappa shape index (κ3) is 2.73. The minimum absolute atomic E-state index is 0.823. The van der Waals surface area contributed by atoms with Crippen molar-refractivity contribution in [2.75, 3.05) is 31.1 Å². The molecule has 0 atom stereocenters. The monoisotopic (exact) mass is 259 g/mol. The maximum atomic E-state index is 5.09. The van der Waals surface area contributed by atoms with Gasteiger partial charge in [-0.05, 0) is 13.0 Å². The van der Waals surface area contributed by atoms with Gasteiger partial charge in [0.05, 0.1) is 6.20 Å². The standard InChI is InChI=1S/C13H17N5O/c1-11-12(9-16-19-11)10-17-5-7-18(8-6-17)13-14-3-2-4-15-13/h2-4,9H,5-8,10H2,1H3. The molecular weight excluding hydrogens is 242 g/mol. The number of piperazine rings is 1. The first-order chi connectivity index (χ1) is 9.33. The molecule has 0 spiro atoms. The van der Waals surface area contributed by atoms with E-state index in [1.54, 1.807) is 12.4 Å². The molecule has 19 heavy (non-hydrogen) atoms. The number of hydrogen-bond donors (Lipinski definition) is 0. The van der Waals surface area contributed by atoms with Gasteiger partial charge in [0.25, 0.3) is 0 Å². The van der Waals surface area contributed by atoms with Crippen LogP contribution in [-0.4, -0.2) is 46.2 Å². The molecule has 0 bridgehead atoms. The van der Waals surface area contributed by atoms with Crippen LogP contribution in [0.1, 0.15) is 11.3 Å². The predicted molar refractivity (Wildman–Crippen MR) is 70.8 cm³/mol. The summed E-state index contributed by atoms with van der Waals surface area (Å²) in [5.41, 5.74) is 1.17. The van der Waals surface area contributed by atoms with Crippen molar-refractivity contribution in [3.8, 4) is 0 Å². The second-order valence-corrected chi connectivity index (χ2v) is 4.72. The van der Waals surface area contributed by atoms with E-state index < -0.39 is 0 Å². The zero-order chi connectivity index (χ0) is 13.1. The Morgan fingerprint density at radius 1 is 1.16 bits per heavy atom. The smallest absolute Gasteiger partial charge is 0.225 e. The van der Waals surface area contributed by atoms with E-state index in [4.69, 9.17) is 4.52 Å². The van der Waals surface area contributed by atoms with E-state index in [1.165, 1.54) is 5.56 Å². The van der Waals surface area contributed by atoms with Crippen molar-refractivity contribution >= 4 is 5.95 Å². The highest BCUT2D eigenvalue weighted by Gasteiger charge is 2.19. The number of anilines is 1. The van der Waals surface area contributed by atoms with E-state index in [2.05, 4.69) is 24.9 Å². The maximum absolute atomic E-state index is 5.09. The van der Waals surface area contributed by atoms with Gasteiger partial charge in [-0.15, -0.1) is 0 Å². The SMILES string of the molecule is Cc1oncc1CN1CCN(c2ncccn2)CC1. The van der Waals surface area contributed by atoms with E-state index in [-0.39, 0.29) is 0 Å². The molecule has 1 aliphatic heterocycles. The van der Waals surface area contributed by atoms with Gasteiger partial charge in [-0.1, -0.05) is 5.16 Å². The molecule has 2 aromatic rings. The van der Waals surface area contributed by atoms with Gasteiger partial charge in [0.15, 0.2) is 0 Å². The highest BCUT2D eigenvalue weighted by molar-refractivity contribution is 5.29. The van der Waals surface area contributed by atoms with Crippen molar-refractivity contribution in [2.24, 2.45) is 0 Å². The molecule has 3 heterocycles. The molecule has 0 unspecified atom stereocenters. The van der Waals surface area contributed by atoms with Gasteiger partial charge >= 0.3 is 0 Å². The Hall–Kier alpha value is -1.95. The summed E-state index contributed by atoms with van der Waals surface area (Å²) in [6.07, 6.45) is 5.38. The fraction of sp³-hybridized carbons (Fsp3) is 0.462. The molecule has 1 saturated heterocycles. The zero-order valence-electron chi connectivity index (χ0n) is 11.0. The number of aromatic nitrogens is 3. The van der Waals surface area contributed by atoms with E-state index in [0.717, 1.165) is 44.4 Å². The van der Waals surface area contributed by atoms with Gasteiger partial charge in [-0.25, -0.2) is 9.97 Å². The molecule has 0 aliphatic carbocycles. The van der Waals surface area contributed by atoms with Gasteiger partial charge in [-0.2, -0.15) is 0 Å². The summed E-state index contributed by atoms with van der Waals surface area (Å²) in [6, 6.07) is 1.84. The Balaban J connectivity index is 1.57. The van der Waals surface area contributed by atoms with Crippen molar-refractivity contribution < 1.29 is 4.52 Å². The summed E-state index contributed by atoms with van der Waals surface area (Å²) in [6.45, 7) is 6.77. The third-order valence-electron chi connectivity index (χ3n) is 3.45. The fourth-order valence-electron chi connectivity index (χ4n) is 2.27. The van der Waals surface area contributed by atoms with Crippen LogP contribution in [0.5, 0.6) is 0 Å². The van der Waals surface area contributed by atoms with E-state index in [1.807, 2.05) is 19.2 Å². The lowest BCUT2D eigenvalue weighted by Gasteiger charge is -2.34. The normalized spacial score (nSPS) is 16.8. The molecule has 2 aromatic heterocycles. The first kappa shape index (κ1) is 12.1. The van der Waals surface area contributed by atoms with E-state index in [9.17, 15) is 0 Å². The van der Waals surface area contributed by atoms with Gasteiger partial charge in [0, 0.05) is 50.7 Å². The molecule has 0 saturated carbocycles. The number of nitrogens with zero attached hydrogens (tertiary/aromatic N) is 5. The van der Waals surface area contributed by atoms with Crippen LogP contribution in [0.2, 0.25) is 0 Å². The Labute approximate surface area is 112 Å². The van der Waals surface area contributed by atoms with Crippen LogP contribution in [0.15, 0.2) is 29.2 Å². The first-order valence-corrected chi connectivity index (χ1v) is 6.47. The Morgan fingerprint density at radius 3 is 2.53 bits per heavy atom. The van der Waals surface area contributed by atoms with Crippen LogP contribution in [0.25, 0.3) is 0 Å². The van der Waals surface area contributed by atoms with Gasteiger partial charge in [0.1, 0.15) is 5.76 Å². The van der Waals surface area contributed by atoms with E-state index in [0.29, 0.717) is 0 Å². The average Bonchev–Trinajstić information content (AvgIpc) is 2.86. The highest BCUT2D eigenvalue weighted by Crippen LogP contribution is 2.14. The van der Waals surface area contributed by atoms with Crippen LogP contribution >= 0.6 is 0 Å². The van der Waals surface area contributed by atoms with Gasteiger partial charge < -0.3 is 9.42 Å². The summed E-state index contributed by atoms with van der Waals surface area (Å²) in [4.78, 5) is 13.2.